The zero-order valence-corrected chi connectivity index (χ0v) is 17.0. The largest absolute Gasteiger partial charge is 0.497 e. The molecule has 1 aromatic heterocycles. The van der Waals surface area contributed by atoms with Crippen LogP contribution in [0.1, 0.15) is 50.0 Å². The molecule has 2 heterocycles. The number of hydrogen-bond donors (Lipinski definition) is 0. The summed E-state index contributed by atoms with van der Waals surface area (Å²) >= 11 is 0. The van der Waals surface area contributed by atoms with Crippen molar-refractivity contribution in [3.8, 4) is 5.75 Å². The van der Waals surface area contributed by atoms with Crippen LogP contribution >= 0.6 is 0 Å². The molecule has 1 aliphatic rings. The lowest BCUT2D eigenvalue weighted by molar-refractivity contribution is -0.132. The van der Waals surface area contributed by atoms with Crippen LogP contribution in [0.5, 0.6) is 5.75 Å². The van der Waals surface area contributed by atoms with Crippen molar-refractivity contribution in [2.45, 2.75) is 51.7 Å². The Kier molecular flexibility index (Phi) is 6.97. The highest BCUT2D eigenvalue weighted by atomic mass is 16.5. The first kappa shape index (κ1) is 20.3. The van der Waals surface area contributed by atoms with Gasteiger partial charge in [0.15, 0.2) is 5.82 Å². The summed E-state index contributed by atoms with van der Waals surface area (Å²) in [7, 11) is 3.45. The molecule has 0 saturated carbocycles. The van der Waals surface area contributed by atoms with E-state index >= 15 is 0 Å². The zero-order valence-electron chi connectivity index (χ0n) is 17.0. The summed E-state index contributed by atoms with van der Waals surface area (Å²) in [6.45, 7) is 4.96. The van der Waals surface area contributed by atoms with Gasteiger partial charge in [0.05, 0.1) is 19.7 Å². The van der Waals surface area contributed by atoms with E-state index in [-0.39, 0.29) is 18.5 Å². The molecule has 1 fully saturated rings. The number of carbonyl (C=O) groups is 1. The van der Waals surface area contributed by atoms with Crippen LogP contribution in [0.2, 0.25) is 0 Å². The number of carbonyl (C=O) groups excluding carboxylic acids is 1. The van der Waals surface area contributed by atoms with Crippen LogP contribution in [0, 0.1) is 0 Å². The van der Waals surface area contributed by atoms with E-state index in [9.17, 15) is 4.79 Å². The highest BCUT2D eigenvalue weighted by Gasteiger charge is 2.21. The van der Waals surface area contributed by atoms with Crippen LogP contribution in [-0.4, -0.2) is 63.2 Å². The maximum absolute atomic E-state index is 12.8. The second kappa shape index (κ2) is 9.64. The summed E-state index contributed by atoms with van der Waals surface area (Å²) in [5.41, 5.74) is 1.02. The van der Waals surface area contributed by atoms with Gasteiger partial charge in [-0.25, -0.2) is 4.68 Å². The molecule has 28 heavy (non-hydrogen) atoms. The topological polar surface area (TPSA) is 76.4 Å². The van der Waals surface area contributed by atoms with Gasteiger partial charge in [0.2, 0.25) is 5.91 Å². The molecule has 152 valence electrons. The van der Waals surface area contributed by atoms with Crippen LogP contribution in [0.3, 0.4) is 0 Å². The van der Waals surface area contributed by atoms with Gasteiger partial charge in [-0.05, 0) is 61.0 Å². The SMILES string of the molecule is COc1cccc([C@H](C)N(C)C(=O)Cn2nnnc2CN2CCCCCC2)c1. The first-order valence-electron chi connectivity index (χ1n) is 9.95. The Labute approximate surface area is 166 Å². The van der Waals surface area contributed by atoms with Gasteiger partial charge in [0, 0.05) is 7.05 Å². The number of benzene rings is 1. The van der Waals surface area contributed by atoms with Crippen LogP contribution in [0.25, 0.3) is 0 Å². The summed E-state index contributed by atoms with van der Waals surface area (Å²) in [6.07, 6.45) is 4.99. The first-order valence-corrected chi connectivity index (χ1v) is 9.95. The molecule has 8 nitrogen and oxygen atoms in total. The molecule has 1 aliphatic heterocycles. The predicted octanol–water partition coefficient (Wildman–Crippen LogP) is 2.28. The minimum Gasteiger partial charge on any atom is -0.497 e. The lowest BCUT2D eigenvalue weighted by Crippen LogP contribution is -2.34. The quantitative estimate of drug-likeness (QED) is 0.727. The maximum atomic E-state index is 12.8. The number of aromatic nitrogens is 4. The van der Waals surface area contributed by atoms with Crippen molar-refractivity contribution in [3.63, 3.8) is 0 Å². The number of ether oxygens (including phenoxy) is 1. The fourth-order valence-electron chi connectivity index (χ4n) is 3.53. The third kappa shape index (κ3) is 5.07. The van der Waals surface area contributed by atoms with E-state index in [0.29, 0.717) is 6.54 Å². The molecule has 1 amide bonds. The number of rotatable bonds is 7. The molecule has 0 spiro atoms. The molecule has 0 radical (unpaired) electrons. The Hall–Kier alpha value is -2.48. The number of tetrazole rings is 1. The Morgan fingerprint density at radius 2 is 2.00 bits per heavy atom. The van der Waals surface area contributed by atoms with E-state index in [1.54, 1.807) is 16.7 Å². The van der Waals surface area contributed by atoms with Gasteiger partial charge in [-0.15, -0.1) is 5.10 Å². The van der Waals surface area contributed by atoms with Gasteiger partial charge < -0.3 is 9.64 Å². The average molecular weight is 387 g/mol. The number of likely N-dealkylation sites (N-methyl/N-ethyl adjacent to an activating group) is 1. The summed E-state index contributed by atoms with van der Waals surface area (Å²) < 4.78 is 6.92. The maximum Gasteiger partial charge on any atom is 0.244 e. The minimum absolute atomic E-state index is 0.0280. The molecule has 8 heteroatoms. The number of methoxy groups -OCH3 is 1. The van der Waals surface area contributed by atoms with E-state index in [2.05, 4.69) is 20.4 Å². The van der Waals surface area contributed by atoms with Crippen LogP contribution < -0.4 is 4.74 Å². The smallest absolute Gasteiger partial charge is 0.244 e. The van der Waals surface area contributed by atoms with Gasteiger partial charge in [-0.1, -0.05) is 25.0 Å². The molecular formula is C20H30N6O2. The van der Waals surface area contributed by atoms with Crippen molar-refractivity contribution >= 4 is 5.91 Å². The van der Waals surface area contributed by atoms with Gasteiger partial charge >= 0.3 is 0 Å². The molecular weight excluding hydrogens is 356 g/mol. The van der Waals surface area contributed by atoms with Crippen molar-refractivity contribution in [1.29, 1.82) is 0 Å². The third-order valence-corrected chi connectivity index (χ3v) is 5.51. The second-order valence-electron chi connectivity index (χ2n) is 7.40. The molecule has 3 rings (SSSR count). The molecule has 0 unspecified atom stereocenters. The van der Waals surface area contributed by atoms with E-state index < -0.39 is 0 Å². The first-order chi connectivity index (χ1) is 13.6. The van der Waals surface area contributed by atoms with E-state index in [4.69, 9.17) is 4.74 Å². The van der Waals surface area contributed by atoms with E-state index in [1.807, 2.05) is 38.2 Å². The Morgan fingerprint density at radius 1 is 1.25 bits per heavy atom. The van der Waals surface area contributed by atoms with Crippen molar-refractivity contribution in [3.05, 3.63) is 35.7 Å². The minimum atomic E-state index is -0.0758. The number of amides is 1. The highest BCUT2D eigenvalue weighted by molar-refractivity contribution is 5.76. The fraction of sp³-hybridized carbons (Fsp3) is 0.600. The predicted molar refractivity (Wildman–Crippen MR) is 106 cm³/mol. The highest BCUT2D eigenvalue weighted by Crippen LogP contribution is 2.23. The second-order valence-corrected chi connectivity index (χ2v) is 7.40. The van der Waals surface area contributed by atoms with Gasteiger partial charge in [0.1, 0.15) is 12.3 Å². The van der Waals surface area contributed by atoms with Crippen molar-refractivity contribution in [1.82, 2.24) is 30.0 Å². The zero-order chi connectivity index (χ0) is 19.9. The summed E-state index contributed by atoms with van der Waals surface area (Å²) in [6, 6.07) is 7.71. The van der Waals surface area contributed by atoms with Crippen LogP contribution in [0.4, 0.5) is 0 Å². The normalized spacial score (nSPS) is 16.4. The molecule has 0 N–H and O–H groups in total. The van der Waals surface area contributed by atoms with Crippen LogP contribution in [-0.2, 0) is 17.9 Å². The lowest BCUT2D eigenvalue weighted by atomic mass is 10.1. The summed E-state index contributed by atoms with van der Waals surface area (Å²) in [4.78, 5) is 16.9. The van der Waals surface area contributed by atoms with Crippen molar-refractivity contribution in [2.75, 3.05) is 27.2 Å². The Morgan fingerprint density at radius 3 is 2.71 bits per heavy atom. The van der Waals surface area contributed by atoms with E-state index in [1.165, 1.54) is 25.7 Å². The molecule has 0 aliphatic carbocycles. The van der Waals surface area contributed by atoms with Crippen LogP contribution in [0.15, 0.2) is 24.3 Å². The standard InChI is InChI=1S/C20H30N6O2/c1-16(17-9-8-10-18(13-17)28-3)24(2)20(27)15-26-19(21-22-23-26)14-25-11-6-4-5-7-12-25/h8-10,13,16H,4-7,11-12,14-15H2,1-3H3/t16-/m0/s1. The lowest BCUT2D eigenvalue weighted by Gasteiger charge is -2.26. The van der Waals surface area contributed by atoms with Gasteiger partial charge in [-0.3, -0.25) is 9.69 Å². The van der Waals surface area contributed by atoms with Crippen molar-refractivity contribution in [2.24, 2.45) is 0 Å². The molecule has 1 saturated heterocycles. The molecule has 2 aromatic rings. The van der Waals surface area contributed by atoms with Crippen molar-refractivity contribution < 1.29 is 9.53 Å². The fourth-order valence-corrected chi connectivity index (χ4v) is 3.53. The number of likely N-dealkylation sites (tertiary alicyclic amines) is 1. The summed E-state index contributed by atoms with van der Waals surface area (Å²) in [5, 5.41) is 12.0. The number of hydrogen-bond acceptors (Lipinski definition) is 6. The Balaban J connectivity index is 1.63. The average Bonchev–Trinajstić information content (AvgIpc) is 2.98. The Bertz CT molecular complexity index is 770. The molecule has 1 aromatic carbocycles. The third-order valence-electron chi connectivity index (χ3n) is 5.51. The van der Waals surface area contributed by atoms with Gasteiger partial charge in [0.25, 0.3) is 0 Å². The molecule has 0 bridgehead atoms. The molecule has 1 atom stereocenters. The van der Waals surface area contributed by atoms with E-state index in [0.717, 1.165) is 30.2 Å². The van der Waals surface area contributed by atoms with Gasteiger partial charge in [-0.2, -0.15) is 0 Å². The monoisotopic (exact) mass is 386 g/mol. The summed E-state index contributed by atoms with van der Waals surface area (Å²) in [5.74, 6) is 1.50. The number of nitrogens with zero attached hydrogens (tertiary/aromatic N) is 6.